The smallest absolute Gasteiger partial charge is 0.264 e. The normalized spacial score (nSPS) is 14.3. The molecule has 1 fully saturated rings. The number of nitrogen functional groups attached to an aromatic ring is 1. The number of benzene rings is 2. The van der Waals surface area contributed by atoms with E-state index in [9.17, 15) is 14.4 Å². The first-order valence-electron chi connectivity index (χ1n) is 14.2. The van der Waals surface area contributed by atoms with Crippen LogP contribution in [0.4, 0.5) is 5.82 Å². The first-order valence-corrected chi connectivity index (χ1v) is 14.2. The summed E-state index contributed by atoms with van der Waals surface area (Å²) in [6, 6.07) is 18.0. The van der Waals surface area contributed by atoms with E-state index in [0.29, 0.717) is 41.1 Å². The van der Waals surface area contributed by atoms with Crippen LogP contribution in [-0.2, 0) is 4.79 Å². The molecule has 5 aromatic rings. The van der Waals surface area contributed by atoms with E-state index in [1.807, 2.05) is 66.4 Å². The van der Waals surface area contributed by atoms with Gasteiger partial charge >= 0.3 is 0 Å². The van der Waals surface area contributed by atoms with Crippen LogP contribution in [-0.4, -0.2) is 49.0 Å². The molecule has 3 aromatic heterocycles. The van der Waals surface area contributed by atoms with Crippen LogP contribution in [0.5, 0.6) is 0 Å². The van der Waals surface area contributed by atoms with Gasteiger partial charge in [-0.25, -0.2) is 9.50 Å². The summed E-state index contributed by atoms with van der Waals surface area (Å²) < 4.78 is 3.08. The number of amides is 2. The van der Waals surface area contributed by atoms with Crippen LogP contribution in [0.1, 0.15) is 54.3 Å². The third-order valence-corrected chi connectivity index (χ3v) is 7.88. The van der Waals surface area contributed by atoms with Gasteiger partial charge in [-0.05, 0) is 55.5 Å². The fourth-order valence-electron chi connectivity index (χ4n) is 5.63. The monoisotopic (exact) mass is 573 g/mol. The highest BCUT2D eigenvalue weighted by atomic mass is 16.2. The third kappa shape index (κ3) is 5.33. The highest BCUT2D eigenvalue weighted by Crippen LogP contribution is 2.25. The summed E-state index contributed by atoms with van der Waals surface area (Å²) in [6.45, 7) is 4.79. The topological polar surface area (TPSA) is 128 Å². The molecule has 0 unspecified atom stereocenters. The van der Waals surface area contributed by atoms with Gasteiger partial charge < -0.3 is 16.0 Å². The van der Waals surface area contributed by atoms with Crippen molar-refractivity contribution in [3.8, 4) is 17.5 Å². The van der Waals surface area contributed by atoms with E-state index in [4.69, 9.17) is 5.73 Å². The highest BCUT2D eigenvalue weighted by Gasteiger charge is 2.24. The average Bonchev–Trinajstić information content (AvgIpc) is 3.36. The number of anilines is 1. The van der Waals surface area contributed by atoms with Crippen molar-refractivity contribution in [1.29, 1.82) is 0 Å². The number of carbonyl (C=O) groups excluding carboxylic acids is 2. The molecule has 3 N–H and O–H groups in total. The molecule has 1 saturated heterocycles. The first kappa shape index (κ1) is 27.7. The summed E-state index contributed by atoms with van der Waals surface area (Å²) in [5.74, 6) is 6.49. The van der Waals surface area contributed by atoms with E-state index >= 15 is 0 Å². The first-order chi connectivity index (χ1) is 20.8. The van der Waals surface area contributed by atoms with Crippen LogP contribution in [0.25, 0.3) is 22.1 Å². The molecule has 216 valence electrons. The fourth-order valence-corrected chi connectivity index (χ4v) is 5.63. The number of likely N-dealkylation sites (tertiary alicyclic amines) is 1. The van der Waals surface area contributed by atoms with Crippen LogP contribution in [0.3, 0.4) is 0 Å². The van der Waals surface area contributed by atoms with E-state index in [1.165, 1.54) is 4.52 Å². The summed E-state index contributed by atoms with van der Waals surface area (Å²) >= 11 is 0. The lowest BCUT2D eigenvalue weighted by Gasteiger charge is -2.28. The summed E-state index contributed by atoms with van der Waals surface area (Å²) in [5, 5.41) is 8.43. The van der Waals surface area contributed by atoms with Crippen LogP contribution >= 0.6 is 0 Å². The van der Waals surface area contributed by atoms with Crippen LogP contribution < -0.4 is 16.6 Å². The second-order valence-corrected chi connectivity index (χ2v) is 10.7. The Kier molecular flexibility index (Phi) is 7.38. The number of aromatic nitrogens is 4. The number of carbonyl (C=O) groups is 2. The predicted octanol–water partition coefficient (Wildman–Crippen LogP) is 3.72. The molecule has 0 spiro atoms. The molecule has 0 radical (unpaired) electrons. The number of fused-ring (bicyclic) bond motifs is 2. The Morgan fingerprint density at radius 2 is 1.84 bits per heavy atom. The Morgan fingerprint density at radius 3 is 2.58 bits per heavy atom. The maximum absolute atomic E-state index is 14.3. The summed E-state index contributed by atoms with van der Waals surface area (Å²) in [4.78, 5) is 45.5. The Labute approximate surface area is 248 Å². The summed E-state index contributed by atoms with van der Waals surface area (Å²) in [5.41, 5.74) is 8.30. The Morgan fingerprint density at radius 1 is 1.07 bits per heavy atom. The van der Waals surface area contributed by atoms with Crippen LogP contribution in [0.15, 0.2) is 77.9 Å². The van der Waals surface area contributed by atoms with Crippen molar-refractivity contribution in [1.82, 2.24) is 29.4 Å². The number of piperidine rings is 1. The molecular weight excluding hydrogens is 542 g/mol. The van der Waals surface area contributed by atoms with Gasteiger partial charge in [-0.2, -0.15) is 0 Å². The van der Waals surface area contributed by atoms with E-state index in [0.717, 1.165) is 18.2 Å². The van der Waals surface area contributed by atoms with E-state index in [2.05, 4.69) is 27.2 Å². The number of hydrogen-bond donors (Lipinski definition) is 2. The molecular formula is C33H31N7O3. The van der Waals surface area contributed by atoms with Crippen molar-refractivity contribution in [2.24, 2.45) is 5.92 Å². The van der Waals surface area contributed by atoms with Gasteiger partial charge in [-0.15, -0.1) is 5.10 Å². The molecule has 2 aromatic carbocycles. The lowest BCUT2D eigenvalue weighted by atomic mass is 9.96. The molecule has 10 nitrogen and oxygen atoms in total. The number of nitrogens with two attached hydrogens (primary N) is 1. The second-order valence-electron chi connectivity index (χ2n) is 10.7. The Hall–Kier alpha value is -5.43. The Bertz CT molecular complexity index is 1980. The number of para-hydroxylation sites is 1. The third-order valence-electron chi connectivity index (χ3n) is 7.88. The van der Waals surface area contributed by atoms with Gasteiger partial charge in [-0.1, -0.05) is 42.2 Å². The van der Waals surface area contributed by atoms with Crippen LogP contribution in [0, 0.1) is 17.8 Å². The van der Waals surface area contributed by atoms with Gasteiger partial charge in [0, 0.05) is 55.3 Å². The zero-order chi connectivity index (χ0) is 30.1. The SMILES string of the molecule is CC(=O)N1CCC(C#Cc2cccc3cc([C@@H](C)NC(=O)c4c(N)nn5cccnc45)n(-c4ccccc4)c(=O)c23)CC1. The average molecular weight is 574 g/mol. The maximum atomic E-state index is 14.3. The van der Waals surface area contributed by atoms with E-state index in [-0.39, 0.29) is 28.8 Å². The molecule has 1 atom stereocenters. The molecule has 10 heteroatoms. The lowest BCUT2D eigenvalue weighted by Crippen LogP contribution is -2.36. The van der Waals surface area contributed by atoms with Crippen molar-refractivity contribution >= 4 is 34.1 Å². The Balaban J connectivity index is 1.40. The second kappa shape index (κ2) is 11.4. The predicted molar refractivity (Wildman–Crippen MR) is 165 cm³/mol. The molecule has 43 heavy (non-hydrogen) atoms. The van der Waals surface area contributed by atoms with Crippen molar-refractivity contribution < 1.29 is 9.59 Å². The number of rotatable bonds is 4. The minimum absolute atomic E-state index is 0.0672. The summed E-state index contributed by atoms with van der Waals surface area (Å²) in [6.07, 6.45) is 4.85. The van der Waals surface area contributed by atoms with Gasteiger partial charge in [0.05, 0.1) is 11.4 Å². The van der Waals surface area contributed by atoms with Gasteiger partial charge in [-0.3, -0.25) is 19.0 Å². The summed E-state index contributed by atoms with van der Waals surface area (Å²) in [7, 11) is 0. The van der Waals surface area contributed by atoms with Gasteiger partial charge in [0.1, 0.15) is 5.56 Å². The van der Waals surface area contributed by atoms with Crippen LogP contribution in [0.2, 0.25) is 0 Å². The van der Waals surface area contributed by atoms with Crippen molar-refractivity contribution in [3.63, 3.8) is 0 Å². The molecule has 4 heterocycles. The fraction of sp³-hybridized carbons (Fsp3) is 0.242. The number of hydrogen-bond acceptors (Lipinski definition) is 6. The minimum atomic E-state index is -0.580. The molecule has 0 saturated carbocycles. The largest absolute Gasteiger partial charge is 0.381 e. The minimum Gasteiger partial charge on any atom is -0.381 e. The number of nitrogens with zero attached hydrogens (tertiary/aromatic N) is 5. The molecule has 1 aliphatic heterocycles. The molecule has 1 aliphatic rings. The molecule has 6 rings (SSSR count). The zero-order valence-corrected chi connectivity index (χ0v) is 23.9. The van der Waals surface area contributed by atoms with Gasteiger partial charge in [0.25, 0.3) is 11.5 Å². The van der Waals surface area contributed by atoms with E-state index in [1.54, 1.807) is 30.0 Å². The highest BCUT2D eigenvalue weighted by molar-refractivity contribution is 6.04. The van der Waals surface area contributed by atoms with Crippen molar-refractivity contribution in [2.75, 3.05) is 18.8 Å². The number of pyridine rings is 1. The van der Waals surface area contributed by atoms with Gasteiger partial charge in [0.15, 0.2) is 11.5 Å². The quantitative estimate of drug-likeness (QED) is 0.316. The molecule has 0 aliphatic carbocycles. The molecule has 0 bridgehead atoms. The van der Waals surface area contributed by atoms with Gasteiger partial charge in [0.2, 0.25) is 5.91 Å². The van der Waals surface area contributed by atoms with Crippen molar-refractivity contribution in [3.05, 3.63) is 100 Å². The zero-order valence-electron chi connectivity index (χ0n) is 23.9. The maximum Gasteiger partial charge on any atom is 0.264 e. The van der Waals surface area contributed by atoms with Crippen molar-refractivity contribution in [2.45, 2.75) is 32.7 Å². The lowest BCUT2D eigenvalue weighted by molar-refractivity contribution is -0.129. The number of nitrogens with one attached hydrogen (secondary N) is 1. The molecule has 2 amide bonds. The standard InChI is InChI=1S/C33H31N7O3/c1-21(36-32(42)29-30(34)37-39-17-7-16-35-31(29)39)27-20-25-9-6-8-24(13-12-23-14-18-38(19-15-23)22(2)41)28(25)33(43)40(27)26-10-4-3-5-11-26/h3-11,16-17,20-21,23H,14-15,18-19H2,1-2H3,(H2,34,37)(H,36,42)/t21-/m1/s1. The van der Waals surface area contributed by atoms with E-state index < -0.39 is 11.9 Å².